The molecule has 110 valence electrons. The lowest BCUT2D eigenvalue weighted by atomic mass is 10.4. The summed E-state index contributed by atoms with van der Waals surface area (Å²) in [6, 6.07) is 21.3. The van der Waals surface area contributed by atoms with Crippen LogP contribution < -0.4 is 15.0 Å². The van der Waals surface area contributed by atoms with E-state index in [1.54, 1.807) is 0 Å². The normalized spacial score (nSPS) is 12.8. The van der Waals surface area contributed by atoms with Crippen LogP contribution in [0.25, 0.3) is 0 Å². The van der Waals surface area contributed by atoms with E-state index in [0.717, 1.165) is 5.90 Å². The zero-order valence-electron chi connectivity index (χ0n) is 12.8. The minimum Gasteiger partial charge on any atom is -0.545 e. The fourth-order valence-corrected chi connectivity index (χ4v) is 9.80. The van der Waals surface area contributed by atoms with Crippen LogP contribution in [0.2, 0.25) is 19.6 Å². The summed E-state index contributed by atoms with van der Waals surface area (Å²) >= 11 is 6.20. The number of hydrogen-bond acceptors (Lipinski definition) is 1. The molecule has 2 aromatic rings. The van der Waals surface area contributed by atoms with E-state index in [-0.39, 0.29) is 0 Å². The summed E-state index contributed by atoms with van der Waals surface area (Å²) < 4.78 is 3.69. The molecule has 1 nitrogen and oxygen atoms in total. The smallest absolute Gasteiger partial charge is 0.349 e. The molecule has 0 aliphatic rings. The standard InChI is InChI=1S/C16H21NP2SSi/c1-21(2,3)17-18-14-19(20,15-10-6-4-7-11-15)16-12-8-5-9-13-16/h4-13H,14H2,1-3H3/p+1. The van der Waals surface area contributed by atoms with Crippen LogP contribution in [-0.2, 0) is 12.2 Å². The first-order chi connectivity index (χ1) is 9.92. The summed E-state index contributed by atoms with van der Waals surface area (Å²) in [6.07, 6.45) is 0. The van der Waals surface area contributed by atoms with E-state index < -0.39 is 14.7 Å². The van der Waals surface area contributed by atoms with E-state index >= 15 is 0 Å². The lowest BCUT2D eigenvalue weighted by Crippen LogP contribution is -2.80. The summed E-state index contributed by atoms with van der Waals surface area (Å²) in [5.41, 5.74) is 0. The maximum Gasteiger partial charge on any atom is 0.349 e. The summed E-state index contributed by atoms with van der Waals surface area (Å²) in [5, 5.41) is 2.63. The average molecular weight is 350 g/mol. The second-order valence-corrected chi connectivity index (χ2v) is 17.3. The number of hydrogen-bond donors (Lipinski definition) is 1. The third-order valence-electron chi connectivity index (χ3n) is 3.03. The van der Waals surface area contributed by atoms with Crippen molar-refractivity contribution in [3.05, 3.63) is 60.7 Å². The van der Waals surface area contributed by atoms with Gasteiger partial charge < -0.3 is 16.7 Å². The zero-order chi connectivity index (χ0) is 15.3. The van der Waals surface area contributed by atoms with Gasteiger partial charge in [-0.05, 0) is 50.4 Å². The predicted molar refractivity (Wildman–Crippen MR) is 103 cm³/mol. The van der Waals surface area contributed by atoms with Gasteiger partial charge in [0.25, 0.3) is 0 Å². The molecule has 0 saturated carbocycles. The molecule has 0 aliphatic carbocycles. The van der Waals surface area contributed by atoms with Crippen LogP contribution in [0.1, 0.15) is 0 Å². The fourth-order valence-electron chi connectivity index (χ4n) is 2.02. The van der Waals surface area contributed by atoms with Crippen molar-refractivity contribution >= 4 is 45.9 Å². The van der Waals surface area contributed by atoms with Crippen molar-refractivity contribution < 1.29 is 4.41 Å². The van der Waals surface area contributed by atoms with Gasteiger partial charge in [-0.2, -0.15) is 0 Å². The van der Waals surface area contributed by atoms with E-state index in [2.05, 4.69) is 84.7 Å². The van der Waals surface area contributed by atoms with Gasteiger partial charge in [-0.1, -0.05) is 36.4 Å². The molecule has 0 amide bonds. The molecule has 0 radical (unpaired) electrons. The molecule has 0 aliphatic heterocycles. The Morgan fingerprint density at radius 2 is 1.33 bits per heavy atom. The monoisotopic (exact) mass is 350 g/mol. The molecule has 1 N–H and O–H groups in total. The van der Waals surface area contributed by atoms with Gasteiger partial charge in [0.1, 0.15) is 5.90 Å². The van der Waals surface area contributed by atoms with Gasteiger partial charge in [0.2, 0.25) is 8.37 Å². The predicted octanol–water partition coefficient (Wildman–Crippen LogP) is 3.12. The van der Waals surface area contributed by atoms with E-state index in [1.165, 1.54) is 19.0 Å². The molecule has 0 heterocycles. The number of nitrogens with one attached hydrogen (secondary N) is 1. The van der Waals surface area contributed by atoms with Crippen molar-refractivity contribution in [2.45, 2.75) is 19.6 Å². The number of benzene rings is 2. The van der Waals surface area contributed by atoms with E-state index in [1.807, 2.05) is 0 Å². The van der Waals surface area contributed by atoms with Gasteiger partial charge in [0, 0.05) is 0 Å². The minimum atomic E-state index is -1.73. The van der Waals surface area contributed by atoms with Gasteiger partial charge in [-0.3, -0.25) is 0 Å². The lowest BCUT2D eigenvalue weighted by Gasteiger charge is -2.30. The summed E-state index contributed by atoms with van der Waals surface area (Å²) in [7, 11) is 0.0286. The Balaban J connectivity index is 2.38. The van der Waals surface area contributed by atoms with Crippen LogP contribution in [-0.4, -0.2) is 14.1 Å². The fraction of sp³-hybridized carbons (Fsp3) is 0.250. The highest BCUT2D eigenvalue weighted by atomic mass is 32.7. The van der Waals surface area contributed by atoms with Gasteiger partial charge in [-0.25, -0.2) is 0 Å². The van der Waals surface area contributed by atoms with Crippen molar-refractivity contribution in [1.82, 2.24) is 0 Å². The van der Waals surface area contributed by atoms with E-state index in [9.17, 15) is 0 Å². The highest BCUT2D eigenvalue weighted by molar-refractivity contribution is 8.49. The second-order valence-electron chi connectivity index (χ2n) is 6.07. The van der Waals surface area contributed by atoms with Crippen LogP contribution in [0.5, 0.6) is 0 Å². The largest absolute Gasteiger partial charge is 0.545 e. The first-order valence-electron chi connectivity index (χ1n) is 7.06. The molecule has 0 saturated heterocycles. The maximum absolute atomic E-state index is 6.20. The maximum atomic E-state index is 6.20. The third-order valence-corrected chi connectivity index (χ3v) is 13.1. The van der Waals surface area contributed by atoms with Crippen molar-refractivity contribution in [1.29, 1.82) is 0 Å². The number of rotatable bonds is 5. The Morgan fingerprint density at radius 1 is 0.905 bits per heavy atom. The molecular weight excluding hydrogens is 328 g/mol. The molecule has 0 spiro atoms. The van der Waals surface area contributed by atoms with Crippen molar-refractivity contribution in [3.63, 3.8) is 0 Å². The van der Waals surface area contributed by atoms with Crippen LogP contribution in [0.3, 0.4) is 0 Å². The summed E-state index contributed by atoms with van der Waals surface area (Å²) in [5.74, 6) is 1.01. The van der Waals surface area contributed by atoms with Crippen LogP contribution in [0.4, 0.5) is 0 Å². The summed E-state index contributed by atoms with van der Waals surface area (Å²) in [6.45, 7) is 5.25. The highest BCUT2D eigenvalue weighted by Crippen LogP contribution is 2.55. The van der Waals surface area contributed by atoms with Crippen molar-refractivity contribution in [2.24, 2.45) is 0 Å². The van der Waals surface area contributed by atoms with E-state index in [0.29, 0.717) is 0 Å². The Bertz CT molecular complexity index is 557. The van der Waals surface area contributed by atoms with Crippen molar-refractivity contribution in [3.8, 4) is 0 Å². The lowest BCUT2D eigenvalue weighted by molar-refractivity contribution is -0.272. The molecule has 0 aromatic heterocycles. The zero-order valence-corrected chi connectivity index (χ0v) is 16.4. The molecule has 2 rings (SSSR count). The van der Waals surface area contributed by atoms with Gasteiger partial charge in [0.15, 0.2) is 0 Å². The van der Waals surface area contributed by atoms with Gasteiger partial charge >= 0.3 is 8.24 Å². The van der Waals surface area contributed by atoms with Gasteiger partial charge in [-0.15, -0.1) is 0 Å². The van der Waals surface area contributed by atoms with Gasteiger partial charge in [0.05, 0.1) is 10.6 Å². The van der Waals surface area contributed by atoms with Crippen LogP contribution >= 0.6 is 14.8 Å². The first kappa shape index (κ1) is 16.9. The van der Waals surface area contributed by atoms with E-state index in [4.69, 9.17) is 12.2 Å². The minimum absolute atomic E-state index is 1.01. The quantitative estimate of drug-likeness (QED) is 0.497. The molecule has 2 aromatic carbocycles. The SMILES string of the molecule is C[Si](C)(C)[NH+]=PC[P+]([S-])(c1ccccc1)c1ccccc1. The second kappa shape index (κ2) is 7.20. The van der Waals surface area contributed by atoms with Crippen LogP contribution in [0, 0.1) is 0 Å². The molecule has 0 atom stereocenters. The molecule has 0 fully saturated rings. The summed E-state index contributed by atoms with van der Waals surface area (Å²) in [4.78, 5) is 0. The van der Waals surface area contributed by atoms with Crippen LogP contribution in [0.15, 0.2) is 60.7 Å². The Morgan fingerprint density at radius 3 is 1.71 bits per heavy atom. The Kier molecular flexibility index (Phi) is 5.79. The van der Waals surface area contributed by atoms with Crippen molar-refractivity contribution in [2.75, 3.05) is 5.90 Å². The topological polar surface area (TPSA) is 14.0 Å². The first-order valence-corrected chi connectivity index (χ1v) is 14.6. The Hall–Kier alpha value is -0.463. The molecule has 5 heteroatoms. The Labute approximate surface area is 136 Å². The molecular formula is C16H22NP2SSi+. The average Bonchev–Trinajstić information content (AvgIpc) is 2.47. The third kappa shape index (κ3) is 4.76. The molecule has 0 bridgehead atoms. The molecule has 0 unspecified atom stereocenters. The molecule has 21 heavy (non-hydrogen) atoms. The highest BCUT2D eigenvalue weighted by Gasteiger charge is 2.30.